The van der Waals surface area contributed by atoms with Crippen molar-refractivity contribution in [2.24, 2.45) is 0 Å². The van der Waals surface area contributed by atoms with Gasteiger partial charge in [0.2, 0.25) is 0 Å². The molecular weight excluding hydrogens is 486 g/mol. The van der Waals surface area contributed by atoms with E-state index in [1.807, 2.05) is 0 Å². The first-order valence-electron chi connectivity index (χ1n) is 10.2. The van der Waals surface area contributed by atoms with Gasteiger partial charge in [-0.3, -0.25) is 0 Å². The molecule has 35 heavy (non-hydrogen) atoms. The fourth-order valence-electron chi connectivity index (χ4n) is 3.48. The van der Waals surface area contributed by atoms with Crippen molar-refractivity contribution in [3.05, 3.63) is 107 Å². The molecule has 4 rings (SSSR count). The van der Waals surface area contributed by atoms with Crippen molar-refractivity contribution in [1.82, 2.24) is 4.98 Å². The van der Waals surface area contributed by atoms with Gasteiger partial charge in [0, 0.05) is 21.7 Å². The van der Waals surface area contributed by atoms with E-state index in [-0.39, 0.29) is 17.9 Å². The van der Waals surface area contributed by atoms with E-state index < -0.39 is 23.5 Å². The second kappa shape index (κ2) is 9.76. The normalized spacial score (nSPS) is 11.3. The Bertz CT molecular complexity index is 1410. The number of alkyl halides is 3. The average molecular weight is 502 g/mol. The van der Waals surface area contributed by atoms with Crippen molar-refractivity contribution in [3.63, 3.8) is 0 Å². The van der Waals surface area contributed by atoms with E-state index >= 15 is 0 Å². The number of halogens is 5. The van der Waals surface area contributed by atoms with Gasteiger partial charge in [-0.15, -0.1) is 0 Å². The number of aromatic nitrogens is 1. The van der Waals surface area contributed by atoms with Crippen LogP contribution in [0.2, 0.25) is 5.02 Å². The highest BCUT2D eigenvalue weighted by Gasteiger charge is 2.31. The van der Waals surface area contributed by atoms with Gasteiger partial charge in [0.05, 0.1) is 11.3 Å². The maximum Gasteiger partial charge on any atom is 0.416 e. The van der Waals surface area contributed by atoms with E-state index in [0.717, 1.165) is 12.1 Å². The van der Waals surface area contributed by atoms with Gasteiger partial charge in [0.15, 0.2) is 0 Å². The lowest BCUT2D eigenvalue weighted by Crippen LogP contribution is -2.07. The molecule has 0 radical (unpaired) electrons. The van der Waals surface area contributed by atoms with E-state index in [2.05, 4.69) is 4.98 Å². The highest BCUT2D eigenvalue weighted by Crippen LogP contribution is 2.39. The molecule has 0 amide bonds. The molecule has 3 aromatic carbocycles. The monoisotopic (exact) mass is 501 g/mol. The summed E-state index contributed by atoms with van der Waals surface area (Å²) in [6, 6.07) is 18.7. The molecule has 0 fully saturated rings. The third-order valence-corrected chi connectivity index (χ3v) is 5.40. The van der Waals surface area contributed by atoms with E-state index in [9.17, 15) is 27.5 Å². The Morgan fingerprint density at radius 2 is 1.66 bits per heavy atom. The Morgan fingerprint density at radius 3 is 2.34 bits per heavy atom. The lowest BCUT2D eigenvalue weighted by molar-refractivity contribution is -0.137. The number of carboxylic acids is 1. The summed E-state index contributed by atoms with van der Waals surface area (Å²) in [5.74, 6) is -1.91. The minimum atomic E-state index is -4.65. The molecule has 1 heterocycles. The maximum atomic E-state index is 14.3. The van der Waals surface area contributed by atoms with Crippen LogP contribution >= 0.6 is 11.6 Å². The molecule has 4 aromatic rings. The third-order valence-electron chi connectivity index (χ3n) is 5.17. The van der Waals surface area contributed by atoms with Crippen LogP contribution in [0.4, 0.5) is 17.6 Å². The van der Waals surface area contributed by atoms with Crippen LogP contribution < -0.4 is 4.74 Å². The van der Waals surface area contributed by atoms with Crippen molar-refractivity contribution in [2.75, 3.05) is 0 Å². The first kappa shape index (κ1) is 24.2. The van der Waals surface area contributed by atoms with Crippen LogP contribution in [0.25, 0.3) is 22.4 Å². The first-order chi connectivity index (χ1) is 16.6. The largest absolute Gasteiger partial charge is 0.488 e. The van der Waals surface area contributed by atoms with E-state index in [1.54, 1.807) is 54.6 Å². The number of hydrogen-bond donors (Lipinski definition) is 1. The number of rotatable bonds is 6. The summed E-state index contributed by atoms with van der Waals surface area (Å²) in [4.78, 5) is 15.6. The molecule has 0 aliphatic rings. The molecule has 178 valence electrons. The van der Waals surface area contributed by atoms with Crippen LogP contribution in [-0.4, -0.2) is 16.1 Å². The Morgan fingerprint density at radius 1 is 0.914 bits per heavy atom. The Labute approximate surface area is 202 Å². The first-order valence-corrected chi connectivity index (χ1v) is 10.6. The molecule has 0 atom stereocenters. The number of benzene rings is 3. The third kappa shape index (κ3) is 5.44. The summed E-state index contributed by atoms with van der Waals surface area (Å²) in [6.07, 6.45) is -4.65. The van der Waals surface area contributed by atoms with E-state index in [1.165, 1.54) is 6.07 Å². The van der Waals surface area contributed by atoms with Crippen molar-refractivity contribution < 1.29 is 32.2 Å². The van der Waals surface area contributed by atoms with Gasteiger partial charge in [-0.1, -0.05) is 48.0 Å². The van der Waals surface area contributed by atoms with Gasteiger partial charge in [-0.2, -0.15) is 13.2 Å². The molecule has 9 heteroatoms. The zero-order chi connectivity index (χ0) is 25.2. The Hall–Kier alpha value is -3.91. The number of carbonyl (C=O) groups is 1. The molecule has 0 saturated carbocycles. The van der Waals surface area contributed by atoms with Crippen LogP contribution in [0.15, 0.2) is 78.9 Å². The minimum absolute atomic E-state index is 0.0528. The van der Waals surface area contributed by atoms with Gasteiger partial charge >= 0.3 is 12.1 Å². The summed E-state index contributed by atoms with van der Waals surface area (Å²) >= 11 is 6.22. The number of nitrogens with zero attached hydrogens (tertiary/aromatic N) is 1. The summed E-state index contributed by atoms with van der Waals surface area (Å²) < 4.78 is 58.6. The standard InChI is InChI=1S/C26H16ClF4NO3/c27-17-10-11-24(35-14-15-8-9-16(12-21(15)28)26(29,30)31)20(13-17)18-4-1-2-5-19(18)22-6-3-7-23(32-22)25(33)34/h1-13H,14H2,(H,33,34). The van der Waals surface area contributed by atoms with Crippen LogP contribution in [0.1, 0.15) is 21.6 Å². The van der Waals surface area contributed by atoms with Gasteiger partial charge in [-0.25, -0.2) is 14.2 Å². The lowest BCUT2D eigenvalue weighted by Gasteiger charge is -2.16. The number of carboxylic acid groups (broad SMARTS) is 1. The zero-order valence-corrected chi connectivity index (χ0v) is 18.6. The van der Waals surface area contributed by atoms with E-state index in [0.29, 0.717) is 39.2 Å². The fraction of sp³-hybridized carbons (Fsp3) is 0.0769. The summed E-state index contributed by atoms with van der Waals surface area (Å²) in [5.41, 5.74) is 0.871. The molecule has 0 aliphatic heterocycles. The Kier molecular flexibility index (Phi) is 6.75. The van der Waals surface area contributed by atoms with Crippen molar-refractivity contribution in [2.45, 2.75) is 12.8 Å². The maximum absolute atomic E-state index is 14.3. The summed E-state index contributed by atoms with van der Waals surface area (Å²) in [6.45, 7) is -0.326. The molecule has 4 nitrogen and oxygen atoms in total. The predicted molar refractivity (Wildman–Crippen MR) is 123 cm³/mol. The summed E-state index contributed by atoms with van der Waals surface area (Å²) in [7, 11) is 0. The van der Waals surface area contributed by atoms with Gasteiger partial charge in [0.25, 0.3) is 0 Å². The fourth-order valence-corrected chi connectivity index (χ4v) is 3.65. The molecular formula is C26H16ClF4NO3. The van der Waals surface area contributed by atoms with Crippen molar-refractivity contribution >= 4 is 17.6 Å². The van der Waals surface area contributed by atoms with Gasteiger partial charge in [0.1, 0.15) is 23.9 Å². The number of ether oxygens (including phenoxy) is 1. The Balaban J connectivity index is 1.71. The molecule has 0 spiro atoms. The van der Waals surface area contributed by atoms with E-state index in [4.69, 9.17) is 16.3 Å². The number of hydrogen-bond acceptors (Lipinski definition) is 3. The molecule has 0 bridgehead atoms. The predicted octanol–water partition coefficient (Wildman–Crippen LogP) is 7.50. The zero-order valence-electron chi connectivity index (χ0n) is 17.8. The highest BCUT2D eigenvalue weighted by molar-refractivity contribution is 6.31. The van der Waals surface area contributed by atoms with Gasteiger partial charge in [-0.05, 0) is 48.0 Å². The summed E-state index contributed by atoms with van der Waals surface area (Å²) in [5, 5.41) is 9.68. The number of pyridine rings is 1. The van der Waals surface area contributed by atoms with Crippen LogP contribution in [-0.2, 0) is 12.8 Å². The SMILES string of the molecule is O=C(O)c1cccc(-c2ccccc2-c2cc(Cl)ccc2OCc2ccc(C(F)(F)F)cc2F)n1. The second-order valence-electron chi connectivity index (χ2n) is 7.49. The lowest BCUT2D eigenvalue weighted by atomic mass is 9.96. The minimum Gasteiger partial charge on any atom is -0.488 e. The van der Waals surface area contributed by atoms with Gasteiger partial charge < -0.3 is 9.84 Å². The smallest absolute Gasteiger partial charge is 0.416 e. The molecule has 0 saturated heterocycles. The van der Waals surface area contributed by atoms with Crippen LogP contribution in [0.3, 0.4) is 0 Å². The molecule has 1 aromatic heterocycles. The second-order valence-corrected chi connectivity index (χ2v) is 7.93. The van der Waals surface area contributed by atoms with Crippen molar-refractivity contribution in [3.8, 4) is 28.1 Å². The highest BCUT2D eigenvalue weighted by atomic mass is 35.5. The molecule has 0 unspecified atom stereocenters. The topological polar surface area (TPSA) is 59.4 Å². The average Bonchev–Trinajstić information content (AvgIpc) is 2.83. The van der Waals surface area contributed by atoms with Crippen LogP contribution in [0, 0.1) is 5.82 Å². The molecule has 1 N–H and O–H groups in total. The number of aromatic carboxylic acids is 1. The quantitative estimate of drug-likeness (QED) is 0.278. The van der Waals surface area contributed by atoms with Crippen molar-refractivity contribution in [1.29, 1.82) is 0 Å². The molecule has 0 aliphatic carbocycles. The van der Waals surface area contributed by atoms with Crippen LogP contribution in [0.5, 0.6) is 5.75 Å².